The topological polar surface area (TPSA) is 75.6 Å². The maximum Gasteiger partial charge on any atom is 0.212 e. The lowest BCUT2D eigenvalue weighted by Crippen LogP contribution is -2.31. The van der Waals surface area contributed by atoms with Crippen molar-refractivity contribution in [3.63, 3.8) is 0 Å². The second kappa shape index (κ2) is 8.27. The molecule has 1 aromatic rings. The molecular weight excluding hydrogens is 266 g/mol. The standard InChI is InChI=1S/C13H21NO4S/c1-12(13-5-3-2-4-6-13)11-19(16,17)14-7-9-18-10-8-15/h2-6,12,14-15H,7-11H2,1H3. The van der Waals surface area contributed by atoms with E-state index in [1.165, 1.54) is 0 Å². The molecule has 108 valence electrons. The lowest BCUT2D eigenvalue weighted by molar-refractivity contribution is 0.0961. The summed E-state index contributed by atoms with van der Waals surface area (Å²) in [5.41, 5.74) is 1.00. The lowest BCUT2D eigenvalue weighted by Gasteiger charge is -2.13. The Bertz CT molecular complexity index is 447. The van der Waals surface area contributed by atoms with Crippen LogP contribution < -0.4 is 4.72 Å². The van der Waals surface area contributed by atoms with Crippen LogP contribution in [0.15, 0.2) is 30.3 Å². The zero-order valence-corrected chi connectivity index (χ0v) is 11.9. The van der Waals surface area contributed by atoms with E-state index in [9.17, 15) is 8.42 Å². The van der Waals surface area contributed by atoms with Crippen LogP contribution in [0.2, 0.25) is 0 Å². The van der Waals surface area contributed by atoms with E-state index in [2.05, 4.69) is 4.72 Å². The molecule has 5 nitrogen and oxygen atoms in total. The van der Waals surface area contributed by atoms with Crippen molar-refractivity contribution in [2.45, 2.75) is 12.8 Å². The van der Waals surface area contributed by atoms with E-state index in [0.29, 0.717) is 0 Å². The van der Waals surface area contributed by atoms with Crippen LogP contribution in [0.3, 0.4) is 0 Å². The number of aliphatic hydroxyl groups excluding tert-OH is 1. The highest BCUT2D eigenvalue weighted by Crippen LogP contribution is 2.15. The van der Waals surface area contributed by atoms with Gasteiger partial charge in [0.1, 0.15) is 0 Å². The predicted molar refractivity (Wildman–Crippen MR) is 74.6 cm³/mol. The molecule has 0 radical (unpaired) electrons. The maximum atomic E-state index is 11.8. The summed E-state index contributed by atoms with van der Waals surface area (Å²) in [5.74, 6) is -0.00569. The molecule has 0 saturated carbocycles. The zero-order valence-electron chi connectivity index (χ0n) is 11.1. The van der Waals surface area contributed by atoms with E-state index >= 15 is 0 Å². The molecule has 19 heavy (non-hydrogen) atoms. The van der Waals surface area contributed by atoms with Gasteiger partial charge in [-0.05, 0) is 11.5 Å². The molecule has 1 aromatic carbocycles. The van der Waals surface area contributed by atoms with E-state index in [1.54, 1.807) is 0 Å². The summed E-state index contributed by atoms with van der Waals surface area (Å²) in [6.07, 6.45) is 0. The number of ether oxygens (including phenoxy) is 1. The number of benzene rings is 1. The van der Waals surface area contributed by atoms with E-state index in [-0.39, 0.29) is 38.0 Å². The number of nitrogens with one attached hydrogen (secondary N) is 1. The van der Waals surface area contributed by atoms with Gasteiger partial charge >= 0.3 is 0 Å². The molecule has 0 aliphatic heterocycles. The molecule has 2 N–H and O–H groups in total. The van der Waals surface area contributed by atoms with Gasteiger partial charge < -0.3 is 9.84 Å². The Kier molecular flexibility index (Phi) is 7.01. The zero-order chi connectivity index (χ0) is 14.1. The normalized spacial score (nSPS) is 13.4. The fourth-order valence-corrected chi connectivity index (χ4v) is 3.06. The Morgan fingerprint density at radius 3 is 2.58 bits per heavy atom. The van der Waals surface area contributed by atoms with Gasteiger partial charge in [-0.15, -0.1) is 0 Å². The lowest BCUT2D eigenvalue weighted by atomic mass is 10.0. The molecule has 0 aliphatic carbocycles. The van der Waals surface area contributed by atoms with Crippen molar-refractivity contribution in [1.82, 2.24) is 4.72 Å². The van der Waals surface area contributed by atoms with Crippen molar-refractivity contribution in [2.75, 3.05) is 32.1 Å². The van der Waals surface area contributed by atoms with Gasteiger partial charge in [-0.2, -0.15) is 0 Å². The molecule has 0 bridgehead atoms. The Hall–Kier alpha value is -0.950. The summed E-state index contributed by atoms with van der Waals surface area (Å²) in [6, 6.07) is 9.54. The van der Waals surface area contributed by atoms with Crippen LogP contribution in [-0.4, -0.2) is 45.6 Å². The van der Waals surface area contributed by atoms with Gasteiger partial charge in [-0.25, -0.2) is 13.1 Å². The molecule has 0 spiro atoms. The molecule has 0 aromatic heterocycles. The summed E-state index contributed by atoms with van der Waals surface area (Å²) < 4.78 is 31.1. The van der Waals surface area contributed by atoms with Crippen LogP contribution in [-0.2, 0) is 14.8 Å². The summed E-state index contributed by atoms with van der Waals surface area (Å²) in [4.78, 5) is 0. The Balaban J connectivity index is 2.38. The Labute approximate surface area is 114 Å². The van der Waals surface area contributed by atoms with Gasteiger partial charge in [0.05, 0.1) is 25.6 Å². The minimum Gasteiger partial charge on any atom is -0.394 e. The average Bonchev–Trinajstić information content (AvgIpc) is 2.39. The average molecular weight is 287 g/mol. The van der Waals surface area contributed by atoms with E-state index in [0.717, 1.165) is 5.56 Å². The van der Waals surface area contributed by atoms with Crippen LogP contribution in [0, 0.1) is 0 Å². The van der Waals surface area contributed by atoms with Crippen LogP contribution >= 0.6 is 0 Å². The Morgan fingerprint density at radius 2 is 1.95 bits per heavy atom. The van der Waals surface area contributed by atoms with Crippen molar-refractivity contribution in [3.8, 4) is 0 Å². The van der Waals surface area contributed by atoms with Gasteiger partial charge in [0, 0.05) is 6.54 Å². The largest absolute Gasteiger partial charge is 0.394 e. The highest BCUT2D eigenvalue weighted by atomic mass is 32.2. The second-order valence-electron chi connectivity index (χ2n) is 4.32. The molecule has 1 rings (SSSR count). The first-order chi connectivity index (χ1) is 9.05. The van der Waals surface area contributed by atoms with Crippen molar-refractivity contribution in [2.24, 2.45) is 0 Å². The highest BCUT2D eigenvalue weighted by Gasteiger charge is 2.16. The first kappa shape index (κ1) is 16.1. The van der Waals surface area contributed by atoms with Gasteiger partial charge in [0.25, 0.3) is 0 Å². The number of hydrogen-bond acceptors (Lipinski definition) is 4. The molecule has 1 unspecified atom stereocenters. The summed E-state index contributed by atoms with van der Waals surface area (Å²) in [6.45, 7) is 2.54. The number of sulfonamides is 1. The highest BCUT2D eigenvalue weighted by molar-refractivity contribution is 7.89. The third-order valence-electron chi connectivity index (χ3n) is 2.64. The molecule has 1 atom stereocenters. The van der Waals surface area contributed by atoms with Crippen molar-refractivity contribution < 1.29 is 18.3 Å². The van der Waals surface area contributed by atoms with E-state index in [1.807, 2.05) is 37.3 Å². The first-order valence-electron chi connectivity index (χ1n) is 6.26. The molecular formula is C13H21NO4S. The molecule has 0 aliphatic rings. The minimum absolute atomic E-state index is 0.0526. The van der Waals surface area contributed by atoms with Gasteiger partial charge in [0.2, 0.25) is 10.0 Å². The number of rotatable bonds is 9. The van der Waals surface area contributed by atoms with E-state index < -0.39 is 10.0 Å². The molecule has 6 heteroatoms. The van der Waals surface area contributed by atoms with Crippen molar-refractivity contribution >= 4 is 10.0 Å². The fraction of sp³-hybridized carbons (Fsp3) is 0.538. The van der Waals surface area contributed by atoms with Crippen LogP contribution in [0.1, 0.15) is 18.4 Å². The van der Waals surface area contributed by atoms with E-state index in [4.69, 9.17) is 9.84 Å². The Morgan fingerprint density at radius 1 is 1.26 bits per heavy atom. The SMILES string of the molecule is CC(CS(=O)(=O)NCCOCCO)c1ccccc1. The summed E-state index contributed by atoms with van der Waals surface area (Å²) in [5, 5.41) is 8.51. The van der Waals surface area contributed by atoms with Gasteiger partial charge in [-0.1, -0.05) is 37.3 Å². The third-order valence-corrected chi connectivity index (χ3v) is 4.22. The molecule has 0 fully saturated rings. The molecule has 0 amide bonds. The smallest absolute Gasteiger partial charge is 0.212 e. The molecule has 0 heterocycles. The summed E-state index contributed by atoms with van der Waals surface area (Å²) in [7, 11) is -3.31. The maximum absolute atomic E-state index is 11.8. The van der Waals surface area contributed by atoms with Crippen LogP contribution in [0.4, 0.5) is 0 Å². The minimum atomic E-state index is -3.31. The number of hydrogen-bond donors (Lipinski definition) is 2. The predicted octanol–water partition coefficient (Wildman–Crippen LogP) is 0.718. The van der Waals surface area contributed by atoms with Gasteiger partial charge in [-0.3, -0.25) is 0 Å². The van der Waals surface area contributed by atoms with Crippen molar-refractivity contribution in [3.05, 3.63) is 35.9 Å². The first-order valence-corrected chi connectivity index (χ1v) is 7.91. The van der Waals surface area contributed by atoms with Crippen LogP contribution in [0.5, 0.6) is 0 Å². The second-order valence-corrected chi connectivity index (χ2v) is 6.17. The number of aliphatic hydroxyl groups is 1. The fourth-order valence-electron chi connectivity index (χ4n) is 1.70. The third kappa shape index (κ3) is 6.68. The van der Waals surface area contributed by atoms with Crippen LogP contribution in [0.25, 0.3) is 0 Å². The monoisotopic (exact) mass is 287 g/mol. The van der Waals surface area contributed by atoms with Gasteiger partial charge in [0.15, 0.2) is 0 Å². The molecule has 0 saturated heterocycles. The van der Waals surface area contributed by atoms with Crippen molar-refractivity contribution in [1.29, 1.82) is 0 Å². The summed E-state index contributed by atoms with van der Waals surface area (Å²) >= 11 is 0. The quantitative estimate of drug-likeness (QED) is 0.656.